The van der Waals surface area contributed by atoms with Crippen LogP contribution in [0.4, 0.5) is 17.1 Å². The van der Waals surface area contributed by atoms with Crippen LogP contribution in [-0.4, -0.2) is 9.97 Å². The number of rotatable bonds is 1. The molecule has 4 heteroatoms. The van der Waals surface area contributed by atoms with E-state index in [4.69, 9.17) is 4.74 Å². The first-order valence-corrected chi connectivity index (χ1v) is 6.77. The highest BCUT2D eigenvalue weighted by atomic mass is 16.5. The van der Waals surface area contributed by atoms with Crippen molar-refractivity contribution in [1.29, 1.82) is 0 Å². The summed E-state index contributed by atoms with van der Waals surface area (Å²) in [6.07, 6.45) is 3.67. The number of ether oxygens (including phenoxy) is 1. The SMILES string of the molecule is Cc1ncc(N2c3ccccc3Oc3ccccc32)cn1. The summed E-state index contributed by atoms with van der Waals surface area (Å²) in [5.74, 6) is 2.42. The van der Waals surface area contributed by atoms with Crippen LogP contribution in [0.2, 0.25) is 0 Å². The van der Waals surface area contributed by atoms with Crippen LogP contribution >= 0.6 is 0 Å². The maximum absolute atomic E-state index is 5.97. The van der Waals surface area contributed by atoms with Crippen molar-refractivity contribution in [3.05, 3.63) is 66.7 Å². The van der Waals surface area contributed by atoms with Crippen LogP contribution in [0.3, 0.4) is 0 Å². The van der Waals surface area contributed by atoms with E-state index < -0.39 is 0 Å². The molecule has 0 saturated heterocycles. The Morgan fingerprint density at radius 3 is 1.90 bits per heavy atom. The van der Waals surface area contributed by atoms with Crippen molar-refractivity contribution >= 4 is 17.1 Å². The van der Waals surface area contributed by atoms with Gasteiger partial charge in [-0.2, -0.15) is 0 Å². The highest BCUT2D eigenvalue weighted by molar-refractivity contribution is 5.85. The Hall–Kier alpha value is -2.88. The third kappa shape index (κ3) is 1.92. The zero-order valence-corrected chi connectivity index (χ0v) is 11.5. The maximum atomic E-state index is 5.97. The lowest BCUT2D eigenvalue weighted by molar-refractivity contribution is 0.477. The molecule has 21 heavy (non-hydrogen) atoms. The Balaban J connectivity index is 1.95. The largest absolute Gasteiger partial charge is 0.453 e. The number of hydrogen-bond donors (Lipinski definition) is 0. The van der Waals surface area contributed by atoms with Crippen molar-refractivity contribution in [3.8, 4) is 11.5 Å². The molecule has 0 saturated carbocycles. The molecule has 0 radical (unpaired) electrons. The van der Waals surface area contributed by atoms with Gasteiger partial charge in [-0.15, -0.1) is 0 Å². The van der Waals surface area contributed by atoms with Crippen LogP contribution < -0.4 is 9.64 Å². The number of benzene rings is 2. The highest BCUT2D eigenvalue weighted by Gasteiger charge is 2.25. The van der Waals surface area contributed by atoms with Crippen molar-refractivity contribution in [3.63, 3.8) is 0 Å². The van der Waals surface area contributed by atoms with Crippen molar-refractivity contribution in [2.45, 2.75) is 6.92 Å². The van der Waals surface area contributed by atoms with Gasteiger partial charge in [0.15, 0.2) is 11.5 Å². The van der Waals surface area contributed by atoms with E-state index in [0.717, 1.165) is 34.4 Å². The van der Waals surface area contributed by atoms with E-state index in [-0.39, 0.29) is 0 Å². The van der Waals surface area contributed by atoms with Gasteiger partial charge >= 0.3 is 0 Å². The lowest BCUT2D eigenvalue weighted by atomic mass is 10.1. The van der Waals surface area contributed by atoms with Gasteiger partial charge < -0.3 is 9.64 Å². The minimum Gasteiger partial charge on any atom is -0.453 e. The normalized spacial score (nSPS) is 12.3. The van der Waals surface area contributed by atoms with Gasteiger partial charge in [0.2, 0.25) is 0 Å². The first kappa shape index (κ1) is 11.9. The number of nitrogens with zero attached hydrogens (tertiary/aromatic N) is 3. The first-order chi connectivity index (χ1) is 10.3. The number of para-hydroxylation sites is 4. The molecule has 0 N–H and O–H groups in total. The molecular formula is C17H13N3O. The summed E-state index contributed by atoms with van der Waals surface area (Å²) in [5, 5.41) is 0. The van der Waals surface area contributed by atoms with Crippen LogP contribution in [0, 0.1) is 6.92 Å². The van der Waals surface area contributed by atoms with Crippen LogP contribution in [-0.2, 0) is 0 Å². The second kappa shape index (κ2) is 4.59. The number of anilines is 3. The zero-order chi connectivity index (χ0) is 14.2. The average molecular weight is 275 g/mol. The monoisotopic (exact) mass is 275 g/mol. The summed E-state index contributed by atoms with van der Waals surface area (Å²) in [4.78, 5) is 10.7. The van der Waals surface area contributed by atoms with Crippen molar-refractivity contribution < 1.29 is 4.74 Å². The molecule has 3 aromatic rings. The van der Waals surface area contributed by atoms with Gasteiger partial charge in [-0.1, -0.05) is 24.3 Å². The van der Waals surface area contributed by atoms with Crippen LogP contribution in [0.15, 0.2) is 60.9 Å². The van der Waals surface area contributed by atoms with E-state index in [1.165, 1.54) is 0 Å². The molecule has 0 fully saturated rings. The van der Waals surface area contributed by atoms with E-state index in [1.54, 1.807) is 0 Å². The molecule has 1 aliphatic heterocycles. The molecular weight excluding hydrogens is 262 g/mol. The number of aryl methyl sites for hydroxylation is 1. The smallest absolute Gasteiger partial charge is 0.151 e. The second-order valence-corrected chi connectivity index (χ2v) is 4.86. The molecule has 0 spiro atoms. The zero-order valence-electron chi connectivity index (χ0n) is 11.5. The van der Waals surface area contributed by atoms with E-state index in [1.807, 2.05) is 67.8 Å². The van der Waals surface area contributed by atoms with Gasteiger partial charge in [-0.25, -0.2) is 9.97 Å². The molecule has 4 nitrogen and oxygen atoms in total. The quantitative estimate of drug-likeness (QED) is 0.517. The van der Waals surface area contributed by atoms with Gasteiger partial charge in [0.05, 0.1) is 29.5 Å². The highest BCUT2D eigenvalue weighted by Crippen LogP contribution is 2.49. The molecule has 0 unspecified atom stereocenters. The summed E-state index contributed by atoms with van der Waals surface area (Å²) in [6.45, 7) is 1.88. The molecule has 0 aliphatic carbocycles. The van der Waals surface area contributed by atoms with E-state index in [9.17, 15) is 0 Å². The summed E-state index contributed by atoms with van der Waals surface area (Å²) in [5.41, 5.74) is 2.90. The predicted octanol–water partition coefficient (Wildman–Crippen LogP) is 4.36. The summed E-state index contributed by atoms with van der Waals surface area (Å²) in [6, 6.07) is 15.9. The maximum Gasteiger partial charge on any atom is 0.151 e. The first-order valence-electron chi connectivity index (χ1n) is 6.77. The molecule has 102 valence electrons. The number of aromatic nitrogens is 2. The average Bonchev–Trinajstić information content (AvgIpc) is 2.53. The minimum atomic E-state index is 0.758. The van der Waals surface area contributed by atoms with Gasteiger partial charge in [-0.05, 0) is 31.2 Å². The molecule has 0 atom stereocenters. The van der Waals surface area contributed by atoms with E-state index >= 15 is 0 Å². The molecule has 4 rings (SSSR count). The molecule has 1 aliphatic rings. The minimum absolute atomic E-state index is 0.758. The summed E-state index contributed by atoms with van der Waals surface area (Å²) < 4.78 is 5.97. The van der Waals surface area contributed by atoms with Crippen molar-refractivity contribution in [2.75, 3.05) is 4.90 Å². The van der Waals surface area contributed by atoms with Crippen LogP contribution in [0.1, 0.15) is 5.82 Å². The van der Waals surface area contributed by atoms with Crippen molar-refractivity contribution in [1.82, 2.24) is 9.97 Å². The molecule has 2 heterocycles. The number of hydrogen-bond acceptors (Lipinski definition) is 4. The van der Waals surface area contributed by atoms with Crippen LogP contribution in [0.5, 0.6) is 11.5 Å². The summed E-state index contributed by atoms with van der Waals surface area (Å²) in [7, 11) is 0. The van der Waals surface area contributed by atoms with E-state index in [2.05, 4.69) is 14.9 Å². The van der Waals surface area contributed by atoms with Gasteiger partial charge in [0.25, 0.3) is 0 Å². The molecule has 0 amide bonds. The van der Waals surface area contributed by atoms with E-state index in [0.29, 0.717) is 0 Å². The third-order valence-electron chi connectivity index (χ3n) is 3.46. The van der Waals surface area contributed by atoms with Gasteiger partial charge in [0, 0.05) is 0 Å². The lowest BCUT2D eigenvalue weighted by Crippen LogP contribution is -2.16. The topological polar surface area (TPSA) is 38.2 Å². The fourth-order valence-corrected chi connectivity index (χ4v) is 2.48. The van der Waals surface area contributed by atoms with Crippen LogP contribution in [0.25, 0.3) is 0 Å². The Labute approximate surface area is 122 Å². The Kier molecular flexibility index (Phi) is 2.60. The molecule has 1 aromatic heterocycles. The fourth-order valence-electron chi connectivity index (χ4n) is 2.48. The Morgan fingerprint density at radius 1 is 0.810 bits per heavy atom. The standard InChI is InChI=1S/C17H13N3O/c1-12-18-10-13(11-19-12)20-14-6-2-4-8-16(14)21-17-9-5-3-7-15(17)20/h2-11H,1H3. The second-order valence-electron chi connectivity index (χ2n) is 4.86. The third-order valence-corrected chi connectivity index (χ3v) is 3.46. The van der Waals surface area contributed by atoms with Crippen molar-refractivity contribution in [2.24, 2.45) is 0 Å². The number of fused-ring (bicyclic) bond motifs is 2. The molecule has 0 bridgehead atoms. The summed E-state index contributed by atoms with van der Waals surface area (Å²) >= 11 is 0. The fraction of sp³-hybridized carbons (Fsp3) is 0.0588. The predicted molar refractivity (Wildman–Crippen MR) is 81.5 cm³/mol. The van der Waals surface area contributed by atoms with Gasteiger partial charge in [-0.3, -0.25) is 0 Å². The van der Waals surface area contributed by atoms with Gasteiger partial charge in [0.1, 0.15) is 5.82 Å². The lowest BCUT2D eigenvalue weighted by Gasteiger charge is -2.32. The Bertz CT molecular complexity index is 754. The Morgan fingerprint density at radius 2 is 1.33 bits per heavy atom. The molecule has 2 aromatic carbocycles.